The second-order valence-corrected chi connectivity index (χ2v) is 5.34. The molecule has 0 spiro atoms. The molecule has 2 aromatic rings. The van der Waals surface area contributed by atoms with Crippen LogP contribution in [0.25, 0.3) is 0 Å². The molecule has 0 heterocycles. The molecule has 0 aliphatic rings. The van der Waals surface area contributed by atoms with Gasteiger partial charge in [-0.2, -0.15) is 0 Å². The van der Waals surface area contributed by atoms with Gasteiger partial charge in [0.15, 0.2) is 0 Å². The molecular formula is C18H22FN. The summed E-state index contributed by atoms with van der Waals surface area (Å²) in [5.41, 5.74) is 9.37. The molecule has 2 heteroatoms. The van der Waals surface area contributed by atoms with Gasteiger partial charge in [-0.15, -0.1) is 0 Å². The average Bonchev–Trinajstić information content (AvgIpc) is 2.47. The number of rotatable bonds is 5. The number of hydrogen-bond acceptors (Lipinski definition) is 1. The summed E-state index contributed by atoms with van der Waals surface area (Å²) in [6.07, 6.45) is 1.00. The molecule has 0 aromatic heterocycles. The SMILES string of the molecule is CCc1cccc(C(c2cccc(F)c2)[C@@H](C)CN)c1. The normalized spacial score (nSPS) is 14.0. The van der Waals surface area contributed by atoms with Crippen LogP contribution in [-0.2, 0) is 6.42 Å². The zero-order valence-electron chi connectivity index (χ0n) is 12.1. The summed E-state index contributed by atoms with van der Waals surface area (Å²) in [6, 6.07) is 15.4. The largest absolute Gasteiger partial charge is 0.330 e. The van der Waals surface area contributed by atoms with Gasteiger partial charge < -0.3 is 5.73 Å². The minimum Gasteiger partial charge on any atom is -0.330 e. The molecule has 2 rings (SSSR count). The lowest BCUT2D eigenvalue weighted by molar-refractivity contribution is 0.519. The van der Waals surface area contributed by atoms with Gasteiger partial charge in [0.2, 0.25) is 0 Å². The first-order chi connectivity index (χ1) is 9.65. The van der Waals surface area contributed by atoms with Crippen molar-refractivity contribution in [2.24, 2.45) is 11.7 Å². The highest BCUT2D eigenvalue weighted by atomic mass is 19.1. The minimum absolute atomic E-state index is 0.141. The van der Waals surface area contributed by atoms with E-state index >= 15 is 0 Å². The molecule has 0 bridgehead atoms. The van der Waals surface area contributed by atoms with Gasteiger partial charge in [0.25, 0.3) is 0 Å². The second kappa shape index (κ2) is 6.67. The van der Waals surface area contributed by atoms with Crippen LogP contribution in [0, 0.1) is 11.7 Å². The standard InChI is InChI=1S/C18H22FN/c1-3-14-6-4-7-15(10-14)18(13(2)12-20)16-8-5-9-17(19)11-16/h4-11,13,18H,3,12,20H2,1-2H3/t13-,18?/m0/s1. The molecule has 106 valence electrons. The van der Waals surface area contributed by atoms with Gasteiger partial charge in [0.05, 0.1) is 0 Å². The molecule has 0 aliphatic carbocycles. The first-order valence-electron chi connectivity index (χ1n) is 7.20. The highest BCUT2D eigenvalue weighted by molar-refractivity contribution is 5.36. The monoisotopic (exact) mass is 271 g/mol. The van der Waals surface area contributed by atoms with Crippen molar-refractivity contribution < 1.29 is 4.39 Å². The van der Waals surface area contributed by atoms with Crippen molar-refractivity contribution in [1.29, 1.82) is 0 Å². The Morgan fingerprint density at radius 1 is 1.05 bits per heavy atom. The number of hydrogen-bond donors (Lipinski definition) is 1. The van der Waals surface area contributed by atoms with Crippen LogP contribution in [0.5, 0.6) is 0 Å². The zero-order chi connectivity index (χ0) is 14.5. The number of nitrogens with two attached hydrogens (primary N) is 1. The molecule has 2 N–H and O–H groups in total. The van der Waals surface area contributed by atoms with Crippen molar-refractivity contribution in [3.05, 3.63) is 71.0 Å². The lowest BCUT2D eigenvalue weighted by Gasteiger charge is -2.24. The van der Waals surface area contributed by atoms with E-state index in [0.29, 0.717) is 6.54 Å². The fourth-order valence-corrected chi connectivity index (χ4v) is 2.69. The quantitative estimate of drug-likeness (QED) is 0.870. The molecule has 0 amide bonds. The second-order valence-electron chi connectivity index (χ2n) is 5.34. The third-order valence-corrected chi connectivity index (χ3v) is 3.87. The zero-order valence-corrected chi connectivity index (χ0v) is 12.1. The molecule has 1 unspecified atom stereocenters. The van der Waals surface area contributed by atoms with Crippen LogP contribution in [0.4, 0.5) is 4.39 Å². The minimum atomic E-state index is -0.191. The summed E-state index contributed by atoms with van der Waals surface area (Å²) in [4.78, 5) is 0. The summed E-state index contributed by atoms with van der Waals surface area (Å²) in [5, 5.41) is 0. The Balaban J connectivity index is 2.46. The van der Waals surface area contributed by atoms with Crippen molar-refractivity contribution in [3.8, 4) is 0 Å². The summed E-state index contributed by atoms with van der Waals surface area (Å²) in [5.74, 6) is 0.217. The van der Waals surface area contributed by atoms with Crippen LogP contribution in [-0.4, -0.2) is 6.54 Å². The Morgan fingerprint density at radius 3 is 2.30 bits per heavy atom. The van der Waals surface area contributed by atoms with Crippen LogP contribution in [0.2, 0.25) is 0 Å². The van der Waals surface area contributed by atoms with Crippen molar-refractivity contribution in [3.63, 3.8) is 0 Å². The molecule has 0 aliphatic heterocycles. The number of benzene rings is 2. The summed E-state index contributed by atoms with van der Waals surface area (Å²) < 4.78 is 13.5. The van der Waals surface area contributed by atoms with Crippen molar-refractivity contribution in [1.82, 2.24) is 0 Å². The van der Waals surface area contributed by atoms with E-state index < -0.39 is 0 Å². The predicted molar refractivity (Wildman–Crippen MR) is 82.3 cm³/mol. The maximum Gasteiger partial charge on any atom is 0.123 e. The van der Waals surface area contributed by atoms with Gasteiger partial charge in [-0.1, -0.05) is 50.2 Å². The maximum atomic E-state index is 13.5. The van der Waals surface area contributed by atoms with Gasteiger partial charge in [-0.25, -0.2) is 4.39 Å². The molecule has 2 atom stereocenters. The van der Waals surface area contributed by atoms with Gasteiger partial charge in [-0.3, -0.25) is 0 Å². The maximum absolute atomic E-state index is 13.5. The van der Waals surface area contributed by atoms with Crippen LogP contribution in [0.3, 0.4) is 0 Å². The Labute approximate surface area is 120 Å². The fraction of sp³-hybridized carbons (Fsp3) is 0.333. The molecule has 20 heavy (non-hydrogen) atoms. The highest BCUT2D eigenvalue weighted by Crippen LogP contribution is 2.32. The third-order valence-electron chi connectivity index (χ3n) is 3.87. The Kier molecular flexibility index (Phi) is 4.91. The van der Waals surface area contributed by atoms with Gasteiger partial charge >= 0.3 is 0 Å². The van der Waals surface area contributed by atoms with E-state index in [2.05, 4.69) is 38.1 Å². The fourth-order valence-electron chi connectivity index (χ4n) is 2.69. The number of halogens is 1. The van der Waals surface area contributed by atoms with Gasteiger partial charge in [0.1, 0.15) is 5.82 Å². The first kappa shape index (κ1) is 14.7. The Morgan fingerprint density at radius 2 is 1.70 bits per heavy atom. The molecule has 2 aromatic carbocycles. The van der Waals surface area contributed by atoms with Crippen molar-refractivity contribution in [2.45, 2.75) is 26.2 Å². The average molecular weight is 271 g/mol. The Bertz CT molecular complexity index is 565. The smallest absolute Gasteiger partial charge is 0.123 e. The molecule has 0 radical (unpaired) electrons. The summed E-state index contributed by atoms with van der Waals surface area (Å²) >= 11 is 0. The van der Waals surface area contributed by atoms with Crippen LogP contribution < -0.4 is 5.73 Å². The summed E-state index contributed by atoms with van der Waals surface area (Å²) in [6.45, 7) is 4.84. The van der Waals surface area contributed by atoms with Crippen LogP contribution >= 0.6 is 0 Å². The molecule has 0 saturated heterocycles. The van der Waals surface area contributed by atoms with E-state index in [0.717, 1.165) is 12.0 Å². The molecule has 0 fully saturated rings. The van der Waals surface area contributed by atoms with E-state index in [1.807, 2.05) is 6.07 Å². The number of aryl methyl sites for hydroxylation is 1. The molecular weight excluding hydrogens is 249 g/mol. The van der Waals surface area contributed by atoms with Crippen molar-refractivity contribution >= 4 is 0 Å². The van der Waals surface area contributed by atoms with Crippen LogP contribution in [0.15, 0.2) is 48.5 Å². The lowest BCUT2D eigenvalue weighted by atomic mass is 9.81. The third kappa shape index (κ3) is 3.26. The highest BCUT2D eigenvalue weighted by Gasteiger charge is 2.21. The topological polar surface area (TPSA) is 26.0 Å². The van der Waals surface area contributed by atoms with E-state index in [9.17, 15) is 4.39 Å². The Hall–Kier alpha value is -1.67. The lowest BCUT2D eigenvalue weighted by Crippen LogP contribution is -2.20. The van der Waals surface area contributed by atoms with E-state index in [1.54, 1.807) is 12.1 Å². The molecule has 1 nitrogen and oxygen atoms in total. The van der Waals surface area contributed by atoms with E-state index in [4.69, 9.17) is 5.73 Å². The van der Waals surface area contributed by atoms with Crippen LogP contribution in [0.1, 0.15) is 36.5 Å². The van der Waals surface area contributed by atoms with Gasteiger partial charge in [-0.05, 0) is 47.7 Å². The van der Waals surface area contributed by atoms with E-state index in [1.165, 1.54) is 17.2 Å². The molecule has 0 saturated carbocycles. The van der Waals surface area contributed by atoms with Crippen molar-refractivity contribution in [2.75, 3.05) is 6.54 Å². The van der Waals surface area contributed by atoms with Gasteiger partial charge in [0, 0.05) is 5.92 Å². The summed E-state index contributed by atoms with van der Waals surface area (Å²) in [7, 11) is 0. The van der Waals surface area contributed by atoms with E-state index in [-0.39, 0.29) is 17.7 Å². The first-order valence-corrected chi connectivity index (χ1v) is 7.20. The predicted octanol–water partition coefficient (Wildman–Crippen LogP) is 4.11.